The number of hydrogen-bond donors (Lipinski definition) is 1. The second kappa shape index (κ2) is 3.79. The fourth-order valence-electron chi connectivity index (χ4n) is 1.42. The Bertz CT molecular complexity index is 321. The number of hydrogen-bond acceptors (Lipinski definition) is 4. The van der Waals surface area contributed by atoms with Gasteiger partial charge in [0.05, 0.1) is 13.2 Å². The number of aromatic nitrogens is 1. The molecule has 4 nitrogen and oxygen atoms in total. The normalized spacial score (nSPS) is 22.4. The fraction of sp³-hybridized carbons (Fsp3) is 0.444. The maximum Gasteiger partial charge on any atom is 0.197 e. The van der Waals surface area contributed by atoms with Crippen molar-refractivity contribution in [2.75, 3.05) is 30.4 Å². The van der Waals surface area contributed by atoms with Crippen LogP contribution >= 0.6 is 0 Å². The Morgan fingerprint density at radius 3 is 3.21 bits per heavy atom. The molecule has 1 aromatic rings. The highest BCUT2D eigenvalue weighted by Crippen LogP contribution is 2.19. The minimum Gasteiger partial charge on any atom is -0.399 e. The molecule has 0 amide bonds. The first-order valence-electron chi connectivity index (χ1n) is 4.47. The molecule has 14 heavy (non-hydrogen) atoms. The molecule has 1 unspecified atom stereocenters. The van der Waals surface area contributed by atoms with E-state index in [1.807, 2.05) is 0 Å². The Labute approximate surface area is 81.5 Å². The number of morpholine rings is 1. The molecule has 0 saturated carbocycles. The van der Waals surface area contributed by atoms with Gasteiger partial charge in [-0.05, 0) is 6.07 Å². The van der Waals surface area contributed by atoms with Crippen molar-refractivity contribution in [3.05, 3.63) is 18.3 Å². The van der Waals surface area contributed by atoms with E-state index < -0.39 is 6.30 Å². The summed E-state index contributed by atoms with van der Waals surface area (Å²) < 4.78 is 18.4. The summed E-state index contributed by atoms with van der Waals surface area (Å²) in [5.41, 5.74) is 6.18. The highest BCUT2D eigenvalue weighted by atomic mass is 19.1. The molecular formula is C9H12FN3O. The second-order valence-electron chi connectivity index (χ2n) is 3.15. The Hall–Kier alpha value is -1.36. The zero-order chi connectivity index (χ0) is 9.97. The maximum absolute atomic E-state index is 13.4. The zero-order valence-electron chi connectivity index (χ0n) is 7.69. The van der Waals surface area contributed by atoms with Crippen LogP contribution in [0.5, 0.6) is 0 Å². The van der Waals surface area contributed by atoms with Gasteiger partial charge in [0.15, 0.2) is 6.30 Å². The summed E-state index contributed by atoms with van der Waals surface area (Å²) in [7, 11) is 0. The first-order valence-corrected chi connectivity index (χ1v) is 4.47. The topological polar surface area (TPSA) is 51.4 Å². The zero-order valence-corrected chi connectivity index (χ0v) is 7.69. The molecule has 1 fully saturated rings. The summed E-state index contributed by atoms with van der Waals surface area (Å²) >= 11 is 0. The van der Waals surface area contributed by atoms with Crippen LogP contribution in [-0.2, 0) is 4.74 Å². The van der Waals surface area contributed by atoms with E-state index in [4.69, 9.17) is 10.5 Å². The molecule has 1 aliphatic heterocycles. The van der Waals surface area contributed by atoms with Gasteiger partial charge in [-0.1, -0.05) is 0 Å². The van der Waals surface area contributed by atoms with E-state index in [1.54, 1.807) is 23.2 Å². The lowest BCUT2D eigenvalue weighted by Gasteiger charge is -2.31. The SMILES string of the molecule is Nc1ccnc(N2CCOCC2F)c1. The van der Waals surface area contributed by atoms with Gasteiger partial charge in [-0.25, -0.2) is 9.37 Å². The van der Waals surface area contributed by atoms with Gasteiger partial charge < -0.3 is 15.4 Å². The van der Waals surface area contributed by atoms with Gasteiger partial charge in [0, 0.05) is 24.5 Å². The summed E-state index contributed by atoms with van der Waals surface area (Å²) in [6.07, 6.45) is 0.449. The molecule has 76 valence electrons. The van der Waals surface area contributed by atoms with Crippen LogP contribution < -0.4 is 10.6 Å². The summed E-state index contributed by atoms with van der Waals surface area (Å²) in [6, 6.07) is 3.34. The van der Waals surface area contributed by atoms with E-state index in [1.165, 1.54) is 0 Å². The third-order valence-electron chi connectivity index (χ3n) is 2.13. The van der Waals surface area contributed by atoms with Crippen LogP contribution in [0.2, 0.25) is 0 Å². The lowest BCUT2D eigenvalue weighted by Crippen LogP contribution is -2.43. The van der Waals surface area contributed by atoms with Gasteiger partial charge in [-0.3, -0.25) is 0 Å². The van der Waals surface area contributed by atoms with Gasteiger partial charge in [0.2, 0.25) is 0 Å². The van der Waals surface area contributed by atoms with Crippen molar-refractivity contribution in [3.63, 3.8) is 0 Å². The number of alkyl halides is 1. The molecule has 2 heterocycles. The number of rotatable bonds is 1. The Kier molecular flexibility index (Phi) is 2.49. The highest BCUT2D eigenvalue weighted by Gasteiger charge is 2.23. The molecule has 5 heteroatoms. The Morgan fingerprint density at radius 2 is 2.50 bits per heavy atom. The molecule has 1 saturated heterocycles. The van der Waals surface area contributed by atoms with E-state index in [9.17, 15) is 4.39 Å². The third kappa shape index (κ3) is 1.77. The van der Waals surface area contributed by atoms with Crippen LogP contribution in [0.1, 0.15) is 0 Å². The van der Waals surface area contributed by atoms with Crippen LogP contribution in [0.25, 0.3) is 0 Å². The smallest absolute Gasteiger partial charge is 0.197 e. The lowest BCUT2D eigenvalue weighted by molar-refractivity contribution is 0.0492. The summed E-state index contributed by atoms with van der Waals surface area (Å²) in [6.45, 7) is 1.13. The molecule has 1 aromatic heterocycles. The average Bonchev–Trinajstić information content (AvgIpc) is 2.18. The van der Waals surface area contributed by atoms with Crippen molar-refractivity contribution in [3.8, 4) is 0 Å². The van der Waals surface area contributed by atoms with Gasteiger partial charge in [-0.15, -0.1) is 0 Å². The molecule has 2 rings (SSSR count). The molecule has 0 bridgehead atoms. The number of anilines is 2. The Balaban J connectivity index is 2.20. The largest absolute Gasteiger partial charge is 0.399 e. The minimum atomic E-state index is -1.13. The first kappa shape index (κ1) is 9.21. The van der Waals surface area contributed by atoms with Crippen molar-refractivity contribution < 1.29 is 9.13 Å². The van der Waals surface area contributed by atoms with Crippen LogP contribution in [0.15, 0.2) is 18.3 Å². The molecule has 0 aromatic carbocycles. The number of halogens is 1. The second-order valence-corrected chi connectivity index (χ2v) is 3.15. The molecule has 1 aliphatic rings. The van der Waals surface area contributed by atoms with Crippen LogP contribution in [0.3, 0.4) is 0 Å². The van der Waals surface area contributed by atoms with Crippen molar-refractivity contribution in [1.29, 1.82) is 0 Å². The van der Waals surface area contributed by atoms with Gasteiger partial charge in [-0.2, -0.15) is 0 Å². The molecular weight excluding hydrogens is 185 g/mol. The molecule has 1 atom stereocenters. The van der Waals surface area contributed by atoms with Crippen molar-refractivity contribution >= 4 is 11.5 Å². The van der Waals surface area contributed by atoms with Gasteiger partial charge in [0.1, 0.15) is 5.82 Å². The predicted molar refractivity (Wildman–Crippen MR) is 51.7 cm³/mol. The van der Waals surface area contributed by atoms with Crippen molar-refractivity contribution in [2.24, 2.45) is 0 Å². The van der Waals surface area contributed by atoms with E-state index in [2.05, 4.69) is 4.98 Å². The molecule has 2 N–H and O–H groups in total. The Morgan fingerprint density at radius 1 is 1.64 bits per heavy atom. The van der Waals surface area contributed by atoms with E-state index in [-0.39, 0.29) is 6.61 Å². The fourth-order valence-corrected chi connectivity index (χ4v) is 1.42. The maximum atomic E-state index is 13.4. The highest BCUT2D eigenvalue weighted by molar-refractivity contribution is 5.50. The van der Waals surface area contributed by atoms with E-state index in [0.29, 0.717) is 24.7 Å². The summed E-state index contributed by atoms with van der Waals surface area (Å²) in [4.78, 5) is 5.62. The quantitative estimate of drug-likeness (QED) is 0.676. The molecule has 0 aliphatic carbocycles. The lowest BCUT2D eigenvalue weighted by atomic mass is 10.3. The predicted octanol–water partition coefficient (Wildman–Crippen LogP) is 0.796. The van der Waals surface area contributed by atoms with Gasteiger partial charge in [0.25, 0.3) is 0 Å². The minimum absolute atomic E-state index is 0.0937. The number of nitrogens with two attached hydrogens (primary N) is 1. The first-order chi connectivity index (χ1) is 6.77. The number of ether oxygens (including phenoxy) is 1. The summed E-state index contributed by atoms with van der Waals surface area (Å²) in [5.74, 6) is 0.570. The van der Waals surface area contributed by atoms with E-state index >= 15 is 0 Å². The molecule has 0 radical (unpaired) electrons. The van der Waals surface area contributed by atoms with Gasteiger partial charge >= 0.3 is 0 Å². The average molecular weight is 197 g/mol. The third-order valence-corrected chi connectivity index (χ3v) is 2.13. The monoisotopic (exact) mass is 197 g/mol. The van der Waals surface area contributed by atoms with Crippen LogP contribution in [0, 0.1) is 0 Å². The van der Waals surface area contributed by atoms with Crippen LogP contribution in [-0.4, -0.2) is 31.0 Å². The molecule has 0 spiro atoms. The number of nitrogens with zero attached hydrogens (tertiary/aromatic N) is 2. The van der Waals surface area contributed by atoms with Crippen molar-refractivity contribution in [1.82, 2.24) is 4.98 Å². The number of pyridine rings is 1. The summed E-state index contributed by atoms with van der Waals surface area (Å²) in [5, 5.41) is 0. The van der Waals surface area contributed by atoms with Crippen molar-refractivity contribution in [2.45, 2.75) is 6.30 Å². The standard InChI is InChI=1S/C9H12FN3O/c10-8-6-14-4-3-13(8)9-5-7(11)1-2-12-9/h1-2,5,8H,3-4,6H2,(H2,11,12). The van der Waals surface area contributed by atoms with E-state index in [0.717, 1.165) is 0 Å². The van der Waals surface area contributed by atoms with Crippen LogP contribution in [0.4, 0.5) is 15.9 Å². The number of nitrogen functional groups attached to an aromatic ring is 1.